The number of benzene rings is 2. The van der Waals surface area contributed by atoms with Crippen LogP contribution in [-0.2, 0) is 11.3 Å². The summed E-state index contributed by atoms with van der Waals surface area (Å²) in [6, 6.07) is 14.2. The van der Waals surface area contributed by atoms with E-state index in [-0.39, 0.29) is 13.9 Å². The lowest BCUT2D eigenvalue weighted by molar-refractivity contribution is 0.0264. The van der Waals surface area contributed by atoms with Gasteiger partial charge in [-0.15, -0.1) is 11.8 Å². The Bertz CT molecular complexity index is 689. The summed E-state index contributed by atoms with van der Waals surface area (Å²) in [4.78, 5) is 3.26. The first-order valence-corrected chi connectivity index (χ1v) is 9.66. The standard InChI is InChI=1S/C20H24FNO3S.H2/c21-17-2-1-3-19(12-17)26-20-8-9-22(13-20)15-24-10-11-25-18-6-4-16(14-23)5-7-18;/h1-7,12,20,23H,8-11,13-15H2;1H. The van der Waals surface area contributed by atoms with Crippen molar-refractivity contribution in [3.63, 3.8) is 0 Å². The lowest BCUT2D eigenvalue weighted by Gasteiger charge is -2.16. The Morgan fingerprint density at radius 3 is 2.81 bits per heavy atom. The van der Waals surface area contributed by atoms with Gasteiger partial charge in [0.1, 0.15) is 18.2 Å². The van der Waals surface area contributed by atoms with E-state index in [4.69, 9.17) is 14.6 Å². The van der Waals surface area contributed by atoms with Gasteiger partial charge in [-0.1, -0.05) is 18.2 Å². The molecule has 142 valence electrons. The molecule has 1 saturated heterocycles. The first-order chi connectivity index (χ1) is 12.7. The highest BCUT2D eigenvalue weighted by atomic mass is 32.2. The normalized spacial score (nSPS) is 17.5. The molecule has 6 heteroatoms. The molecule has 2 aromatic carbocycles. The molecule has 1 heterocycles. The second kappa shape index (κ2) is 9.92. The second-order valence-electron chi connectivity index (χ2n) is 6.25. The van der Waals surface area contributed by atoms with Gasteiger partial charge in [0.2, 0.25) is 0 Å². The van der Waals surface area contributed by atoms with Crippen molar-refractivity contribution < 1.29 is 20.4 Å². The minimum Gasteiger partial charge on any atom is -0.491 e. The van der Waals surface area contributed by atoms with Gasteiger partial charge in [-0.25, -0.2) is 4.39 Å². The van der Waals surface area contributed by atoms with E-state index < -0.39 is 0 Å². The summed E-state index contributed by atoms with van der Waals surface area (Å²) in [6.45, 7) is 3.60. The molecule has 0 aromatic heterocycles. The quantitative estimate of drug-likeness (QED) is 0.672. The van der Waals surface area contributed by atoms with Crippen LogP contribution in [-0.4, -0.2) is 48.3 Å². The Morgan fingerprint density at radius 1 is 1.19 bits per heavy atom. The maximum Gasteiger partial charge on any atom is 0.124 e. The molecule has 0 spiro atoms. The summed E-state index contributed by atoms with van der Waals surface area (Å²) in [5.41, 5.74) is 0.869. The first kappa shape index (κ1) is 19.2. The molecule has 0 aliphatic carbocycles. The van der Waals surface area contributed by atoms with E-state index >= 15 is 0 Å². The lowest BCUT2D eigenvalue weighted by Crippen LogP contribution is -2.25. The van der Waals surface area contributed by atoms with Gasteiger partial charge in [0.05, 0.1) is 19.9 Å². The van der Waals surface area contributed by atoms with E-state index in [9.17, 15) is 4.39 Å². The van der Waals surface area contributed by atoms with E-state index in [1.54, 1.807) is 23.9 Å². The van der Waals surface area contributed by atoms with Gasteiger partial charge in [0, 0.05) is 24.7 Å². The fraction of sp³-hybridized carbons (Fsp3) is 0.400. The number of rotatable bonds is 9. The zero-order valence-electron chi connectivity index (χ0n) is 14.6. The van der Waals surface area contributed by atoms with E-state index in [1.165, 1.54) is 6.07 Å². The number of ether oxygens (including phenoxy) is 2. The number of likely N-dealkylation sites (tertiary alicyclic amines) is 1. The van der Waals surface area contributed by atoms with Crippen LogP contribution in [0.5, 0.6) is 5.75 Å². The summed E-state index contributed by atoms with van der Waals surface area (Å²) in [6.07, 6.45) is 1.08. The number of halogens is 1. The molecule has 0 bridgehead atoms. The zero-order chi connectivity index (χ0) is 18.2. The Balaban J connectivity index is 0.00000261. The molecular formula is C20H26FNO3S. The molecule has 1 fully saturated rings. The summed E-state index contributed by atoms with van der Waals surface area (Å²) >= 11 is 1.73. The number of hydrogen-bond acceptors (Lipinski definition) is 5. The van der Waals surface area contributed by atoms with E-state index in [0.29, 0.717) is 25.2 Å². The maximum atomic E-state index is 13.3. The van der Waals surface area contributed by atoms with Crippen LogP contribution in [0.3, 0.4) is 0 Å². The van der Waals surface area contributed by atoms with Crippen molar-refractivity contribution in [2.75, 3.05) is 33.0 Å². The molecule has 1 unspecified atom stereocenters. The molecule has 1 atom stereocenters. The fourth-order valence-electron chi connectivity index (χ4n) is 2.85. The molecule has 3 rings (SSSR count). The van der Waals surface area contributed by atoms with Gasteiger partial charge < -0.3 is 14.6 Å². The molecule has 1 N–H and O–H groups in total. The van der Waals surface area contributed by atoms with Gasteiger partial charge in [0.15, 0.2) is 0 Å². The lowest BCUT2D eigenvalue weighted by atomic mass is 10.2. The van der Waals surface area contributed by atoms with Crippen molar-refractivity contribution >= 4 is 11.8 Å². The summed E-state index contributed by atoms with van der Waals surface area (Å²) in [5.74, 6) is 0.595. The van der Waals surface area contributed by atoms with E-state index in [2.05, 4.69) is 4.90 Å². The largest absolute Gasteiger partial charge is 0.491 e. The zero-order valence-corrected chi connectivity index (χ0v) is 15.5. The number of aliphatic hydroxyl groups excluding tert-OH is 1. The van der Waals surface area contributed by atoms with Crippen LogP contribution in [0.2, 0.25) is 0 Å². The van der Waals surface area contributed by atoms with Crippen molar-refractivity contribution in [2.45, 2.75) is 23.2 Å². The highest BCUT2D eigenvalue weighted by molar-refractivity contribution is 8.00. The molecular weight excluding hydrogens is 353 g/mol. The van der Waals surface area contributed by atoms with E-state index in [1.807, 2.05) is 30.3 Å². The Morgan fingerprint density at radius 2 is 2.04 bits per heavy atom. The Labute approximate surface area is 159 Å². The van der Waals surface area contributed by atoms with Gasteiger partial charge >= 0.3 is 0 Å². The van der Waals surface area contributed by atoms with Crippen LogP contribution in [0.1, 0.15) is 13.4 Å². The van der Waals surface area contributed by atoms with Crippen LogP contribution in [0.15, 0.2) is 53.4 Å². The van der Waals surface area contributed by atoms with Crippen LogP contribution in [0.4, 0.5) is 4.39 Å². The van der Waals surface area contributed by atoms with Gasteiger partial charge in [0.25, 0.3) is 0 Å². The van der Waals surface area contributed by atoms with Gasteiger partial charge in [-0.3, -0.25) is 4.90 Å². The fourth-order valence-corrected chi connectivity index (χ4v) is 4.08. The molecule has 0 saturated carbocycles. The molecule has 4 nitrogen and oxygen atoms in total. The maximum absolute atomic E-state index is 13.3. The van der Waals surface area contributed by atoms with Crippen molar-refractivity contribution in [3.05, 3.63) is 59.9 Å². The summed E-state index contributed by atoms with van der Waals surface area (Å²) < 4.78 is 24.6. The third-order valence-electron chi connectivity index (χ3n) is 4.20. The average molecular weight is 379 g/mol. The Hall–Kier alpha value is -1.60. The average Bonchev–Trinajstić information content (AvgIpc) is 3.09. The van der Waals surface area contributed by atoms with Gasteiger partial charge in [-0.05, 0) is 42.3 Å². The minimum atomic E-state index is -0.181. The topological polar surface area (TPSA) is 41.9 Å². The van der Waals surface area contributed by atoms with Gasteiger partial charge in [-0.2, -0.15) is 0 Å². The summed E-state index contributed by atoms with van der Waals surface area (Å²) in [5, 5.41) is 9.48. The smallest absolute Gasteiger partial charge is 0.124 e. The van der Waals surface area contributed by atoms with Crippen LogP contribution in [0, 0.1) is 5.82 Å². The molecule has 26 heavy (non-hydrogen) atoms. The monoisotopic (exact) mass is 379 g/mol. The number of aliphatic hydroxyl groups is 1. The highest BCUT2D eigenvalue weighted by Gasteiger charge is 2.23. The predicted octanol–water partition coefficient (Wildman–Crippen LogP) is 3.78. The molecule has 2 aromatic rings. The van der Waals surface area contributed by atoms with Crippen molar-refractivity contribution in [2.24, 2.45) is 0 Å². The molecule has 1 aliphatic rings. The third-order valence-corrected chi connectivity index (χ3v) is 5.45. The van der Waals surface area contributed by atoms with E-state index in [0.717, 1.165) is 35.7 Å². The summed E-state index contributed by atoms with van der Waals surface area (Å²) in [7, 11) is 0. The minimum absolute atomic E-state index is 0. The van der Waals surface area contributed by atoms with Crippen LogP contribution < -0.4 is 4.74 Å². The number of nitrogens with zero attached hydrogens (tertiary/aromatic N) is 1. The van der Waals surface area contributed by atoms with Crippen molar-refractivity contribution in [3.8, 4) is 5.75 Å². The van der Waals surface area contributed by atoms with Crippen LogP contribution >= 0.6 is 11.8 Å². The first-order valence-electron chi connectivity index (χ1n) is 8.78. The predicted molar refractivity (Wildman–Crippen MR) is 103 cm³/mol. The number of hydrogen-bond donors (Lipinski definition) is 1. The number of thioether (sulfide) groups is 1. The highest BCUT2D eigenvalue weighted by Crippen LogP contribution is 2.29. The van der Waals surface area contributed by atoms with Crippen LogP contribution in [0.25, 0.3) is 0 Å². The van der Waals surface area contributed by atoms with Crippen molar-refractivity contribution in [1.82, 2.24) is 4.90 Å². The molecule has 0 amide bonds. The molecule has 0 radical (unpaired) electrons. The third kappa shape index (κ3) is 5.99. The molecule has 1 aliphatic heterocycles. The SMILES string of the molecule is OCc1ccc(OCCOCN2CCC(Sc3cccc(F)c3)C2)cc1.[HH]. The Kier molecular flexibility index (Phi) is 7.32. The second-order valence-corrected chi connectivity index (χ2v) is 7.62. The van der Waals surface area contributed by atoms with Crippen molar-refractivity contribution in [1.29, 1.82) is 0 Å².